The first kappa shape index (κ1) is 15.8. The molecular formula is C19H19FN4O. The molecule has 0 bridgehead atoms. The number of hydrogen-bond acceptors (Lipinski definition) is 4. The highest BCUT2D eigenvalue weighted by molar-refractivity contribution is 5.48. The Morgan fingerprint density at radius 1 is 1.12 bits per heavy atom. The van der Waals surface area contributed by atoms with Crippen LogP contribution in [0, 0.1) is 12.7 Å². The molecule has 1 fully saturated rings. The summed E-state index contributed by atoms with van der Waals surface area (Å²) in [4.78, 5) is 2.07. The van der Waals surface area contributed by atoms with Crippen molar-refractivity contribution in [2.24, 2.45) is 0 Å². The van der Waals surface area contributed by atoms with Crippen LogP contribution < -0.4 is 4.90 Å². The lowest BCUT2D eigenvalue weighted by molar-refractivity contribution is 0.110. The summed E-state index contributed by atoms with van der Waals surface area (Å²) in [5, 5.41) is 8.50. The lowest BCUT2D eigenvalue weighted by Gasteiger charge is -2.23. The summed E-state index contributed by atoms with van der Waals surface area (Å²) in [6.45, 7) is 4.07. The quantitative estimate of drug-likeness (QED) is 0.732. The Balaban J connectivity index is 1.52. The molecule has 6 heteroatoms. The highest BCUT2D eigenvalue weighted by atomic mass is 19.1. The second-order valence-electron chi connectivity index (χ2n) is 6.22. The molecule has 1 saturated heterocycles. The number of benzene rings is 2. The first-order valence-corrected chi connectivity index (χ1v) is 8.28. The van der Waals surface area contributed by atoms with Crippen molar-refractivity contribution in [3.63, 3.8) is 0 Å². The third kappa shape index (κ3) is 3.39. The van der Waals surface area contributed by atoms with Gasteiger partial charge in [-0.15, -0.1) is 5.10 Å². The van der Waals surface area contributed by atoms with Gasteiger partial charge in [0, 0.05) is 12.2 Å². The van der Waals surface area contributed by atoms with E-state index in [0.717, 1.165) is 17.9 Å². The average molecular weight is 338 g/mol. The van der Waals surface area contributed by atoms with Crippen LogP contribution >= 0.6 is 0 Å². The number of halogens is 1. The van der Waals surface area contributed by atoms with Crippen LogP contribution in [0.5, 0.6) is 0 Å². The van der Waals surface area contributed by atoms with Gasteiger partial charge in [0.05, 0.1) is 19.3 Å². The minimum absolute atomic E-state index is 0.246. The summed E-state index contributed by atoms with van der Waals surface area (Å²) < 4.78 is 20.8. The number of ether oxygens (including phenoxy) is 1. The van der Waals surface area contributed by atoms with Gasteiger partial charge in [0.1, 0.15) is 11.5 Å². The first-order valence-electron chi connectivity index (χ1n) is 8.28. The standard InChI is InChI=1S/C19H19FN4O/c1-14-2-4-15(5-3-14)12-23-13-18(21-22-23)19-24(10-11-25-19)17-8-6-16(20)7-9-17/h2-9,13,19H,10-12H2,1H3. The molecule has 0 amide bonds. The topological polar surface area (TPSA) is 43.2 Å². The summed E-state index contributed by atoms with van der Waals surface area (Å²) in [5.74, 6) is -0.246. The Bertz CT molecular complexity index is 845. The van der Waals surface area contributed by atoms with E-state index in [1.165, 1.54) is 23.3 Å². The summed E-state index contributed by atoms with van der Waals surface area (Å²) in [6.07, 6.45) is 1.61. The number of hydrogen-bond donors (Lipinski definition) is 0. The minimum Gasteiger partial charge on any atom is -0.350 e. The van der Waals surface area contributed by atoms with E-state index in [0.29, 0.717) is 13.2 Å². The Morgan fingerprint density at radius 3 is 2.64 bits per heavy atom. The number of aromatic nitrogens is 3. The molecule has 1 aliphatic heterocycles. The largest absolute Gasteiger partial charge is 0.350 e. The summed E-state index contributed by atoms with van der Waals surface area (Å²) >= 11 is 0. The van der Waals surface area contributed by atoms with Gasteiger partial charge in [-0.1, -0.05) is 35.0 Å². The maximum absolute atomic E-state index is 13.2. The van der Waals surface area contributed by atoms with Gasteiger partial charge in [-0.25, -0.2) is 9.07 Å². The highest BCUT2D eigenvalue weighted by Crippen LogP contribution is 2.31. The van der Waals surface area contributed by atoms with Crippen LogP contribution in [-0.4, -0.2) is 28.1 Å². The normalized spacial score (nSPS) is 17.2. The van der Waals surface area contributed by atoms with Crippen LogP contribution in [0.15, 0.2) is 54.7 Å². The zero-order valence-corrected chi connectivity index (χ0v) is 14.0. The summed E-state index contributed by atoms with van der Waals surface area (Å²) in [6, 6.07) is 14.8. The van der Waals surface area contributed by atoms with Crippen molar-refractivity contribution in [2.75, 3.05) is 18.1 Å². The monoisotopic (exact) mass is 338 g/mol. The number of rotatable bonds is 4. The van der Waals surface area contributed by atoms with E-state index in [-0.39, 0.29) is 12.0 Å². The molecule has 1 aliphatic rings. The Kier molecular flexibility index (Phi) is 4.19. The predicted octanol–water partition coefficient (Wildman–Crippen LogP) is 3.31. The fraction of sp³-hybridized carbons (Fsp3) is 0.263. The maximum Gasteiger partial charge on any atom is 0.177 e. The number of nitrogens with zero attached hydrogens (tertiary/aromatic N) is 4. The van der Waals surface area contributed by atoms with Gasteiger partial charge >= 0.3 is 0 Å². The van der Waals surface area contributed by atoms with Crippen molar-refractivity contribution in [1.29, 1.82) is 0 Å². The van der Waals surface area contributed by atoms with E-state index in [1.54, 1.807) is 12.1 Å². The highest BCUT2D eigenvalue weighted by Gasteiger charge is 2.29. The van der Waals surface area contributed by atoms with E-state index in [4.69, 9.17) is 4.74 Å². The molecule has 1 aromatic heterocycles. The molecule has 0 saturated carbocycles. The van der Waals surface area contributed by atoms with Gasteiger partial charge < -0.3 is 9.64 Å². The predicted molar refractivity (Wildman–Crippen MR) is 92.7 cm³/mol. The molecule has 3 aromatic rings. The van der Waals surface area contributed by atoms with E-state index >= 15 is 0 Å². The third-order valence-electron chi connectivity index (χ3n) is 4.32. The molecule has 1 atom stereocenters. The van der Waals surface area contributed by atoms with Gasteiger partial charge in [0.2, 0.25) is 0 Å². The molecule has 2 heterocycles. The maximum atomic E-state index is 13.2. The van der Waals surface area contributed by atoms with Crippen LogP contribution in [0.25, 0.3) is 0 Å². The molecule has 1 unspecified atom stereocenters. The number of aryl methyl sites for hydroxylation is 1. The van der Waals surface area contributed by atoms with Crippen LogP contribution in [0.3, 0.4) is 0 Å². The first-order chi connectivity index (χ1) is 12.2. The van der Waals surface area contributed by atoms with Crippen LogP contribution in [0.4, 0.5) is 10.1 Å². The molecular weight excluding hydrogens is 319 g/mol. The van der Waals surface area contributed by atoms with Crippen molar-refractivity contribution in [1.82, 2.24) is 15.0 Å². The molecule has 5 nitrogen and oxygen atoms in total. The molecule has 0 radical (unpaired) electrons. The molecule has 0 aliphatic carbocycles. The fourth-order valence-corrected chi connectivity index (χ4v) is 3.00. The zero-order chi connectivity index (χ0) is 17.2. The lowest BCUT2D eigenvalue weighted by atomic mass is 10.1. The van der Waals surface area contributed by atoms with Crippen molar-refractivity contribution >= 4 is 5.69 Å². The Labute approximate surface area is 145 Å². The van der Waals surface area contributed by atoms with E-state index in [1.807, 2.05) is 10.9 Å². The second kappa shape index (κ2) is 6.64. The average Bonchev–Trinajstić information content (AvgIpc) is 3.27. The Morgan fingerprint density at radius 2 is 1.88 bits per heavy atom. The van der Waals surface area contributed by atoms with Gasteiger partial charge in [0.25, 0.3) is 0 Å². The van der Waals surface area contributed by atoms with Crippen molar-refractivity contribution in [3.05, 3.63) is 77.4 Å². The third-order valence-corrected chi connectivity index (χ3v) is 4.32. The van der Waals surface area contributed by atoms with Crippen molar-refractivity contribution in [2.45, 2.75) is 19.7 Å². The SMILES string of the molecule is Cc1ccc(Cn2cc(C3OCCN3c3ccc(F)cc3)nn2)cc1. The molecule has 0 spiro atoms. The molecule has 0 N–H and O–H groups in total. The second-order valence-corrected chi connectivity index (χ2v) is 6.22. The van der Waals surface area contributed by atoms with Crippen LogP contribution in [0.2, 0.25) is 0 Å². The summed E-state index contributed by atoms with van der Waals surface area (Å²) in [7, 11) is 0. The van der Waals surface area contributed by atoms with Gasteiger partial charge in [-0.3, -0.25) is 0 Å². The van der Waals surface area contributed by atoms with Crippen molar-refractivity contribution in [3.8, 4) is 0 Å². The van der Waals surface area contributed by atoms with E-state index < -0.39 is 0 Å². The molecule has 25 heavy (non-hydrogen) atoms. The van der Waals surface area contributed by atoms with Crippen LogP contribution in [-0.2, 0) is 11.3 Å². The zero-order valence-electron chi connectivity index (χ0n) is 14.0. The molecule has 4 rings (SSSR count). The van der Waals surface area contributed by atoms with E-state index in [2.05, 4.69) is 46.4 Å². The van der Waals surface area contributed by atoms with Crippen molar-refractivity contribution < 1.29 is 9.13 Å². The summed E-state index contributed by atoms with van der Waals surface area (Å²) in [5.41, 5.74) is 4.08. The van der Waals surface area contributed by atoms with Gasteiger partial charge in [0.15, 0.2) is 6.23 Å². The number of anilines is 1. The van der Waals surface area contributed by atoms with Crippen LogP contribution in [0.1, 0.15) is 23.0 Å². The lowest BCUT2D eigenvalue weighted by Crippen LogP contribution is -2.23. The van der Waals surface area contributed by atoms with E-state index in [9.17, 15) is 4.39 Å². The van der Waals surface area contributed by atoms with Gasteiger partial charge in [-0.2, -0.15) is 0 Å². The smallest absolute Gasteiger partial charge is 0.177 e. The molecule has 2 aromatic carbocycles. The minimum atomic E-state index is -0.294. The Hall–Kier alpha value is -2.73. The van der Waals surface area contributed by atoms with Gasteiger partial charge in [-0.05, 0) is 36.8 Å². The fourth-order valence-electron chi connectivity index (χ4n) is 3.00. The molecule has 128 valence electrons.